The van der Waals surface area contributed by atoms with E-state index in [1.807, 2.05) is 24.3 Å². The first-order valence-electron chi connectivity index (χ1n) is 32.2. The number of hydrogen-bond donors (Lipinski definition) is 0. The molecule has 0 aliphatic rings. The van der Waals surface area contributed by atoms with Gasteiger partial charge in [-0.1, -0.05) is 315 Å². The van der Waals surface area contributed by atoms with Gasteiger partial charge in [-0.3, -0.25) is 0 Å². The van der Waals surface area contributed by atoms with Gasteiger partial charge in [0.1, 0.15) is 12.1 Å². The van der Waals surface area contributed by atoms with E-state index in [2.05, 4.69) is 350 Å². The van der Waals surface area contributed by atoms with Crippen molar-refractivity contribution in [1.29, 1.82) is 10.5 Å². The third kappa shape index (κ3) is 10.4. The van der Waals surface area contributed by atoms with Crippen molar-refractivity contribution in [2.75, 3.05) is 0 Å². The molecule has 0 spiro atoms. The van der Waals surface area contributed by atoms with Crippen LogP contribution >= 0.6 is 0 Å². The Morgan fingerprint density at radius 3 is 0.621 bits per heavy atom. The Balaban J connectivity index is 1.17. The zero-order valence-electron chi connectivity index (χ0n) is 51.9. The lowest BCUT2D eigenvalue weighted by Gasteiger charge is -2.28. The van der Waals surface area contributed by atoms with Crippen LogP contribution in [0.3, 0.4) is 0 Å². The van der Waals surface area contributed by atoms with E-state index >= 15 is 0 Å². The zero-order chi connectivity index (χ0) is 63.6. The van der Waals surface area contributed by atoms with Crippen LogP contribution in [0.5, 0.6) is 0 Å². The van der Waals surface area contributed by atoms with Crippen LogP contribution in [-0.2, 0) is 0 Å². The molecule has 3 nitrogen and oxygen atoms in total. The number of nitrogens with zero attached hydrogens (tertiary/aromatic N) is 3. The monoisotopic (exact) mass is 1210 g/mol. The van der Waals surface area contributed by atoms with E-state index in [-0.39, 0.29) is 0 Å². The Labute approximate surface area is 553 Å². The molecule has 1 aromatic heterocycles. The Hall–Kier alpha value is -12.9. The molecular formula is C92H59N3. The number of hydrogen-bond acceptors (Lipinski definition) is 2. The smallest absolute Gasteiger partial charge is 0.100 e. The number of rotatable bonds is 13. The first kappa shape index (κ1) is 57.3. The summed E-state index contributed by atoms with van der Waals surface area (Å²) in [5, 5.41) is 26.5. The van der Waals surface area contributed by atoms with E-state index in [1.54, 1.807) is 0 Å². The van der Waals surface area contributed by atoms with Gasteiger partial charge in [0.15, 0.2) is 0 Å². The van der Waals surface area contributed by atoms with Crippen LogP contribution < -0.4 is 0 Å². The van der Waals surface area contributed by atoms with Crippen LogP contribution in [-0.4, -0.2) is 4.57 Å². The van der Waals surface area contributed by atoms with Crippen LogP contribution in [0, 0.1) is 22.7 Å². The van der Waals surface area contributed by atoms with Gasteiger partial charge in [0.05, 0.1) is 22.2 Å². The van der Waals surface area contributed by atoms with E-state index < -0.39 is 0 Å². The third-order valence-corrected chi connectivity index (χ3v) is 18.5. The SMILES string of the molecule is N#Cc1c(-c2ccccc2)c(-c2ccccc2)c(-c2cc(-c3c(-c4ccccc4)c(-c4ccccc4)c(C#N)c(-c4ccccc4)c3-c3ccccc3)cc(-n3c4ccc(-c5ccccc5)cc4c4cc(-c5ccccc5)ccc43)c2)c(-c2ccccc2)c1-c1ccccc1. The Bertz CT molecular complexity index is 5030. The summed E-state index contributed by atoms with van der Waals surface area (Å²) < 4.78 is 2.47. The van der Waals surface area contributed by atoms with Crippen molar-refractivity contribution in [1.82, 2.24) is 4.57 Å². The van der Waals surface area contributed by atoms with Crippen LogP contribution in [0.1, 0.15) is 11.1 Å². The second kappa shape index (κ2) is 25.0. The van der Waals surface area contributed by atoms with Crippen LogP contribution in [0.15, 0.2) is 358 Å². The highest BCUT2D eigenvalue weighted by atomic mass is 15.0. The maximum absolute atomic E-state index is 12.2. The Morgan fingerprint density at radius 2 is 0.389 bits per heavy atom. The second-order valence-electron chi connectivity index (χ2n) is 24.0. The number of nitriles is 2. The minimum atomic E-state index is 0.580. The van der Waals surface area contributed by atoms with Crippen molar-refractivity contribution in [3.63, 3.8) is 0 Å². The summed E-state index contributed by atoms with van der Waals surface area (Å²) >= 11 is 0. The molecule has 0 saturated carbocycles. The Kier molecular flexibility index (Phi) is 15.1. The lowest BCUT2D eigenvalue weighted by Crippen LogP contribution is -2.05. The third-order valence-electron chi connectivity index (χ3n) is 18.5. The molecule has 0 aliphatic heterocycles. The normalized spacial score (nSPS) is 11.1. The standard InChI is InChI=1S/C92H59N3/c93-60-79-83(64-35-15-3-16-36-64)87(68-43-23-7-24-44-68)91(88(69-45-25-8-26-46-69)84(79)65-37-17-4-18-38-65)74-55-75(57-76(56-74)95-81-53-51-72(62-31-11-1-12-32-62)58-77(81)78-59-73(52-54-82(78)95)63-33-13-2-14-34-63)92-89(70-47-27-9-28-48-70)85(66-39-19-5-20-40-66)80(61-94)86(67-41-21-6-22-42-67)90(92)71-49-29-10-30-50-71/h1-59H. The number of fused-ring (bicyclic) bond motifs is 3. The van der Waals surface area contributed by atoms with Crippen molar-refractivity contribution in [3.8, 4) is 151 Å². The molecule has 0 amide bonds. The average molecular weight is 1210 g/mol. The van der Waals surface area contributed by atoms with E-state index in [4.69, 9.17) is 0 Å². The van der Waals surface area contributed by atoms with Crippen molar-refractivity contribution in [2.24, 2.45) is 0 Å². The first-order chi connectivity index (χ1) is 47.1. The summed E-state index contributed by atoms with van der Waals surface area (Å²) in [6.07, 6.45) is 0. The fourth-order valence-corrected chi connectivity index (χ4v) is 14.4. The van der Waals surface area contributed by atoms with Gasteiger partial charge in [0.2, 0.25) is 0 Å². The highest BCUT2D eigenvalue weighted by Crippen LogP contribution is 2.57. The molecule has 442 valence electrons. The van der Waals surface area contributed by atoms with Gasteiger partial charge in [0, 0.05) is 38.7 Å². The van der Waals surface area contributed by atoms with Crippen LogP contribution in [0.4, 0.5) is 0 Å². The molecule has 0 unspecified atom stereocenters. The van der Waals surface area contributed by atoms with Crippen molar-refractivity contribution < 1.29 is 0 Å². The van der Waals surface area contributed by atoms with Gasteiger partial charge in [-0.15, -0.1) is 0 Å². The molecule has 15 aromatic carbocycles. The van der Waals surface area contributed by atoms with E-state index in [0.29, 0.717) is 11.1 Å². The van der Waals surface area contributed by atoms with Gasteiger partial charge in [-0.2, -0.15) is 10.5 Å². The molecule has 0 atom stereocenters. The predicted molar refractivity (Wildman–Crippen MR) is 395 cm³/mol. The molecule has 3 heteroatoms. The topological polar surface area (TPSA) is 52.5 Å². The fourth-order valence-electron chi connectivity index (χ4n) is 14.4. The molecule has 95 heavy (non-hydrogen) atoms. The molecule has 0 N–H and O–H groups in total. The molecule has 0 radical (unpaired) electrons. The Morgan fingerprint density at radius 1 is 0.179 bits per heavy atom. The summed E-state index contributed by atoms with van der Waals surface area (Å²) in [6.45, 7) is 0. The number of aromatic nitrogens is 1. The van der Waals surface area contributed by atoms with Gasteiger partial charge < -0.3 is 4.57 Å². The molecule has 0 saturated heterocycles. The summed E-state index contributed by atoms with van der Waals surface area (Å²) in [7, 11) is 0. The summed E-state index contributed by atoms with van der Waals surface area (Å²) in [6, 6.07) is 133. The van der Waals surface area contributed by atoms with Gasteiger partial charge >= 0.3 is 0 Å². The molecular weight excluding hydrogens is 1150 g/mol. The lowest BCUT2D eigenvalue weighted by atomic mass is 9.74. The van der Waals surface area contributed by atoms with Crippen LogP contribution in [0.2, 0.25) is 0 Å². The minimum absolute atomic E-state index is 0.580. The summed E-state index contributed by atoms with van der Waals surface area (Å²) in [5.74, 6) is 0. The summed E-state index contributed by atoms with van der Waals surface area (Å²) in [4.78, 5) is 0. The molecule has 0 fully saturated rings. The second-order valence-corrected chi connectivity index (χ2v) is 24.0. The van der Waals surface area contributed by atoms with Crippen molar-refractivity contribution in [2.45, 2.75) is 0 Å². The zero-order valence-corrected chi connectivity index (χ0v) is 51.9. The van der Waals surface area contributed by atoms with Crippen molar-refractivity contribution >= 4 is 21.8 Å². The predicted octanol–water partition coefficient (Wildman–Crippen LogP) is 24.5. The highest BCUT2D eigenvalue weighted by Gasteiger charge is 2.33. The quantitative estimate of drug-likeness (QED) is 0.116. The fraction of sp³-hybridized carbons (Fsp3) is 0. The first-order valence-corrected chi connectivity index (χ1v) is 32.2. The number of benzene rings is 15. The maximum Gasteiger partial charge on any atom is 0.100 e. The summed E-state index contributed by atoms with van der Waals surface area (Å²) in [5.41, 5.74) is 27.1. The minimum Gasteiger partial charge on any atom is -0.309 e. The van der Waals surface area contributed by atoms with Gasteiger partial charge in [-0.05, 0) is 154 Å². The highest BCUT2D eigenvalue weighted by molar-refractivity contribution is 6.16. The van der Waals surface area contributed by atoms with E-state index in [1.165, 1.54) is 0 Å². The molecule has 0 aliphatic carbocycles. The van der Waals surface area contributed by atoms with E-state index in [0.717, 1.165) is 161 Å². The van der Waals surface area contributed by atoms with Gasteiger partial charge in [0.25, 0.3) is 0 Å². The average Bonchev–Trinajstić information content (AvgIpc) is 1.30. The maximum atomic E-state index is 12.2. The van der Waals surface area contributed by atoms with Gasteiger partial charge in [-0.25, -0.2) is 0 Å². The van der Waals surface area contributed by atoms with Crippen molar-refractivity contribution in [3.05, 3.63) is 369 Å². The molecule has 16 rings (SSSR count). The van der Waals surface area contributed by atoms with Crippen LogP contribution in [0.25, 0.3) is 161 Å². The molecule has 16 aromatic rings. The van der Waals surface area contributed by atoms with E-state index in [9.17, 15) is 10.5 Å². The molecule has 0 bridgehead atoms. The lowest BCUT2D eigenvalue weighted by molar-refractivity contribution is 1.18. The largest absolute Gasteiger partial charge is 0.309 e. The molecule has 1 heterocycles.